The average Bonchev–Trinajstić information content (AvgIpc) is 3.24. The molecule has 0 spiro atoms. The minimum Gasteiger partial charge on any atom is -0.378 e. The average molecular weight is 391 g/mol. The van der Waals surface area contributed by atoms with Crippen molar-refractivity contribution in [2.75, 3.05) is 48.1 Å². The van der Waals surface area contributed by atoms with Crippen LogP contribution < -0.4 is 21.1 Å². The first-order valence-corrected chi connectivity index (χ1v) is 9.53. The summed E-state index contributed by atoms with van der Waals surface area (Å²) in [6, 6.07) is 3.99. The monoisotopic (exact) mass is 391 g/mol. The molecule has 10 nitrogen and oxygen atoms in total. The van der Waals surface area contributed by atoms with Gasteiger partial charge in [0.15, 0.2) is 0 Å². The van der Waals surface area contributed by atoms with E-state index >= 15 is 0 Å². The van der Waals surface area contributed by atoms with E-state index in [0.717, 1.165) is 54.4 Å². The van der Waals surface area contributed by atoms with Crippen LogP contribution in [0.5, 0.6) is 0 Å². The summed E-state index contributed by atoms with van der Waals surface area (Å²) >= 11 is 0. The zero-order chi connectivity index (χ0) is 19.6. The lowest BCUT2D eigenvalue weighted by Crippen LogP contribution is -2.37. The van der Waals surface area contributed by atoms with E-state index in [4.69, 9.17) is 20.5 Å². The van der Waals surface area contributed by atoms with Crippen LogP contribution in [-0.4, -0.2) is 57.8 Å². The van der Waals surface area contributed by atoms with E-state index in [1.165, 1.54) is 0 Å². The predicted molar refractivity (Wildman–Crippen MR) is 109 cm³/mol. The first-order chi connectivity index (χ1) is 14.3. The normalized spacial score (nSPS) is 16.0. The lowest BCUT2D eigenvalue weighted by molar-refractivity contribution is 0.122. The molecule has 3 aromatic heterocycles. The minimum atomic E-state index is 0.367. The third-order valence-corrected chi connectivity index (χ3v) is 5.14. The van der Waals surface area contributed by atoms with Crippen LogP contribution in [0.2, 0.25) is 0 Å². The van der Waals surface area contributed by atoms with Gasteiger partial charge < -0.3 is 14.5 Å². The first kappa shape index (κ1) is 17.7. The number of nitrogens with zero attached hydrogens (tertiary/aromatic N) is 7. The quantitative estimate of drug-likeness (QED) is 0.495. The summed E-state index contributed by atoms with van der Waals surface area (Å²) in [5.41, 5.74) is 6.32. The van der Waals surface area contributed by atoms with Crippen molar-refractivity contribution in [3.8, 4) is 11.3 Å². The Labute approximate surface area is 167 Å². The SMILES string of the molecule is NNc1ncc(-c2nc(N3CCOCC3)nc3c2CCN3c2ccncc2)cn1. The van der Waals surface area contributed by atoms with E-state index in [1.54, 1.807) is 24.8 Å². The molecular formula is C19H21N9O. The molecule has 29 heavy (non-hydrogen) atoms. The van der Waals surface area contributed by atoms with Crippen LogP contribution in [-0.2, 0) is 11.2 Å². The molecule has 1 saturated heterocycles. The van der Waals surface area contributed by atoms with Crippen molar-refractivity contribution in [2.24, 2.45) is 5.84 Å². The molecule has 0 unspecified atom stereocenters. The van der Waals surface area contributed by atoms with Gasteiger partial charge in [-0.3, -0.25) is 10.4 Å². The zero-order valence-electron chi connectivity index (χ0n) is 15.8. The topological polar surface area (TPSA) is 118 Å². The lowest BCUT2D eigenvalue weighted by atomic mass is 10.1. The Kier molecular flexibility index (Phi) is 4.62. The van der Waals surface area contributed by atoms with Gasteiger partial charge in [-0.1, -0.05) is 0 Å². The van der Waals surface area contributed by atoms with E-state index in [9.17, 15) is 0 Å². The molecular weight excluding hydrogens is 370 g/mol. The Balaban J connectivity index is 1.62. The maximum absolute atomic E-state index is 5.49. The molecule has 2 aliphatic heterocycles. The minimum absolute atomic E-state index is 0.367. The number of hydrogen-bond donors (Lipinski definition) is 2. The van der Waals surface area contributed by atoms with Gasteiger partial charge in [0.05, 0.1) is 18.9 Å². The number of aromatic nitrogens is 5. The fourth-order valence-electron chi connectivity index (χ4n) is 3.69. The third kappa shape index (κ3) is 3.32. The third-order valence-electron chi connectivity index (χ3n) is 5.14. The number of hydrogen-bond acceptors (Lipinski definition) is 10. The number of morpholine rings is 1. The number of ether oxygens (including phenoxy) is 1. The second kappa shape index (κ2) is 7.57. The lowest BCUT2D eigenvalue weighted by Gasteiger charge is -2.28. The van der Waals surface area contributed by atoms with Crippen LogP contribution >= 0.6 is 0 Å². The summed E-state index contributed by atoms with van der Waals surface area (Å²) in [5, 5.41) is 0. The van der Waals surface area contributed by atoms with Crippen molar-refractivity contribution in [1.29, 1.82) is 0 Å². The Morgan fingerprint density at radius 3 is 2.48 bits per heavy atom. The molecule has 0 saturated carbocycles. The highest BCUT2D eigenvalue weighted by atomic mass is 16.5. The number of nitrogen functional groups attached to an aromatic ring is 1. The molecule has 0 atom stereocenters. The van der Waals surface area contributed by atoms with Gasteiger partial charge in [0.25, 0.3) is 0 Å². The highest BCUT2D eigenvalue weighted by molar-refractivity contribution is 5.76. The van der Waals surface area contributed by atoms with Crippen molar-refractivity contribution in [1.82, 2.24) is 24.9 Å². The number of pyridine rings is 1. The van der Waals surface area contributed by atoms with Crippen LogP contribution in [0.25, 0.3) is 11.3 Å². The van der Waals surface area contributed by atoms with Crippen molar-refractivity contribution in [3.63, 3.8) is 0 Å². The molecule has 3 aromatic rings. The van der Waals surface area contributed by atoms with Crippen molar-refractivity contribution in [3.05, 3.63) is 42.5 Å². The Hall–Kier alpha value is -3.37. The van der Waals surface area contributed by atoms with Crippen molar-refractivity contribution >= 4 is 23.4 Å². The maximum atomic E-state index is 5.49. The van der Waals surface area contributed by atoms with Crippen LogP contribution in [0.1, 0.15) is 5.56 Å². The van der Waals surface area contributed by atoms with E-state index in [1.807, 2.05) is 12.1 Å². The number of fused-ring (bicyclic) bond motifs is 1. The number of nitrogens with one attached hydrogen (secondary N) is 1. The second-order valence-corrected chi connectivity index (χ2v) is 6.82. The van der Waals surface area contributed by atoms with Crippen molar-refractivity contribution < 1.29 is 4.74 Å². The van der Waals surface area contributed by atoms with Gasteiger partial charge in [-0.05, 0) is 18.6 Å². The van der Waals surface area contributed by atoms with E-state index < -0.39 is 0 Å². The van der Waals surface area contributed by atoms with E-state index in [2.05, 4.69) is 30.2 Å². The van der Waals surface area contributed by atoms with Crippen LogP contribution in [0.4, 0.5) is 23.4 Å². The first-order valence-electron chi connectivity index (χ1n) is 9.53. The summed E-state index contributed by atoms with van der Waals surface area (Å²) in [4.78, 5) is 26.9. The highest BCUT2D eigenvalue weighted by Crippen LogP contribution is 2.38. The van der Waals surface area contributed by atoms with Gasteiger partial charge >= 0.3 is 0 Å². The van der Waals surface area contributed by atoms with Gasteiger partial charge in [0, 0.05) is 61.2 Å². The van der Waals surface area contributed by atoms with Crippen molar-refractivity contribution in [2.45, 2.75) is 6.42 Å². The Morgan fingerprint density at radius 1 is 1.00 bits per heavy atom. The summed E-state index contributed by atoms with van der Waals surface area (Å²) < 4.78 is 5.49. The predicted octanol–water partition coefficient (Wildman–Crippen LogP) is 1.14. The highest BCUT2D eigenvalue weighted by Gasteiger charge is 2.29. The van der Waals surface area contributed by atoms with Gasteiger partial charge in [0.1, 0.15) is 5.82 Å². The smallest absolute Gasteiger partial charge is 0.237 e. The molecule has 2 aliphatic rings. The van der Waals surface area contributed by atoms with Gasteiger partial charge in [-0.25, -0.2) is 20.8 Å². The molecule has 3 N–H and O–H groups in total. The van der Waals surface area contributed by atoms with Gasteiger partial charge in [0.2, 0.25) is 11.9 Å². The summed E-state index contributed by atoms with van der Waals surface area (Å²) in [7, 11) is 0. The largest absolute Gasteiger partial charge is 0.378 e. The Morgan fingerprint density at radius 2 is 1.76 bits per heavy atom. The number of nitrogens with two attached hydrogens (primary N) is 1. The zero-order valence-corrected chi connectivity index (χ0v) is 15.8. The molecule has 0 aromatic carbocycles. The van der Waals surface area contributed by atoms with Crippen LogP contribution in [0.3, 0.4) is 0 Å². The molecule has 10 heteroatoms. The summed E-state index contributed by atoms with van der Waals surface area (Å²) in [6.45, 7) is 3.70. The fourth-order valence-corrected chi connectivity index (χ4v) is 3.69. The maximum Gasteiger partial charge on any atom is 0.237 e. The molecule has 0 bridgehead atoms. The molecule has 1 fully saturated rings. The van der Waals surface area contributed by atoms with Gasteiger partial charge in [-0.15, -0.1) is 0 Å². The number of rotatable bonds is 4. The molecule has 148 valence electrons. The van der Waals surface area contributed by atoms with E-state index in [-0.39, 0.29) is 0 Å². The van der Waals surface area contributed by atoms with E-state index in [0.29, 0.717) is 25.1 Å². The molecule has 5 rings (SSSR count). The molecule has 0 amide bonds. The molecule has 0 aliphatic carbocycles. The summed E-state index contributed by atoms with van der Waals surface area (Å²) in [5.74, 6) is 7.39. The molecule has 0 radical (unpaired) electrons. The van der Waals surface area contributed by atoms with Gasteiger partial charge in [-0.2, -0.15) is 4.98 Å². The standard InChI is InChI=1S/C19H21N9O/c20-26-18-22-11-13(12-23-18)16-15-3-6-28(14-1-4-21-5-2-14)17(15)25-19(24-16)27-7-9-29-10-8-27/h1-2,4-5,11-12H,3,6-10,20H2,(H,22,23,26). The molecule has 5 heterocycles. The summed E-state index contributed by atoms with van der Waals surface area (Å²) in [6.07, 6.45) is 7.91. The second-order valence-electron chi connectivity index (χ2n) is 6.82. The Bertz CT molecular complexity index is 991. The fraction of sp³-hybridized carbons (Fsp3) is 0.316. The van der Waals surface area contributed by atoms with Crippen LogP contribution in [0, 0.1) is 0 Å². The number of hydrazine groups is 1. The van der Waals surface area contributed by atoms with Crippen LogP contribution in [0.15, 0.2) is 36.9 Å². The number of anilines is 4.